The maximum atomic E-state index is 12.7. The Morgan fingerprint density at radius 1 is 1.25 bits per heavy atom. The van der Waals surface area contributed by atoms with Gasteiger partial charge < -0.3 is 15.4 Å². The van der Waals surface area contributed by atoms with Crippen molar-refractivity contribution in [3.05, 3.63) is 54.2 Å². The second-order valence-corrected chi connectivity index (χ2v) is 5.43. The fraction of sp³-hybridized carbons (Fsp3) is 0.222. The van der Waals surface area contributed by atoms with E-state index in [2.05, 4.69) is 20.8 Å². The van der Waals surface area contributed by atoms with Crippen LogP contribution < -0.4 is 15.4 Å². The lowest BCUT2D eigenvalue weighted by Crippen LogP contribution is -2.32. The van der Waals surface area contributed by atoms with Crippen molar-refractivity contribution in [1.29, 1.82) is 0 Å². The van der Waals surface area contributed by atoms with Crippen LogP contribution in [0.4, 0.5) is 5.69 Å². The molecule has 6 nitrogen and oxygen atoms in total. The van der Waals surface area contributed by atoms with Gasteiger partial charge in [-0.15, -0.1) is 0 Å². The number of rotatable bonds is 6. The minimum absolute atomic E-state index is 0.107. The summed E-state index contributed by atoms with van der Waals surface area (Å²) < 4.78 is 5.17. The molecule has 24 heavy (non-hydrogen) atoms. The maximum absolute atomic E-state index is 12.7. The van der Waals surface area contributed by atoms with Crippen molar-refractivity contribution >= 4 is 22.5 Å². The van der Waals surface area contributed by atoms with Gasteiger partial charge in [-0.2, -0.15) is 5.10 Å². The lowest BCUT2D eigenvalue weighted by atomic mass is 10.1. The van der Waals surface area contributed by atoms with Crippen LogP contribution in [0.2, 0.25) is 0 Å². The summed E-state index contributed by atoms with van der Waals surface area (Å²) >= 11 is 0. The third kappa shape index (κ3) is 3.38. The quantitative estimate of drug-likeness (QED) is 0.651. The molecule has 6 heteroatoms. The molecule has 1 atom stereocenters. The monoisotopic (exact) mass is 324 g/mol. The van der Waals surface area contributed by atoms with Gasteiger partial charge >= 0.3 is 0 Å². The van der Waals surface area contributed by atoms with E-state index in [1.54, 1.807) is 13.3 Å². The van der Waals surface area contributed by atoms with Crippen molar-refractivity contribution in [1.82, 2.24) is 15.5 Å². The summed E-state index contributed by atoms with van der Waals surface area (Å²) in [5, 5.41) is 14.0. The lowest BCUT2D eigenvalue weighted by Gasteiger charge is -2.18. The number of hydrogen-bond donors (Lipinski definition) is 3. The lowest BCUT2D eigenvalue weighted by molar-refractivity contribution is -0.118. The van der Waals surface area contributed by atoms with Gasteiger partial charge in [0.25, 0.3) is 0 Å². The highest BCUT2D eigenvalue weighted by Crippen LogP contribution is 2.21. The van der Waals surface area contributed by atoms with E-state index in [0.717, 1.165) is 27.9 Å². The molecule has 124 valence electrons. The third-order valence-corrected chi connectivity index (χ3v) is 3.83. The van der Waals surface area contributed by atoms with E-state index in [9.17, 15) is 4.79 Å². The van der Waals surface area contributed by atoms with Crippen LogP contribution in [0, 0.1) is 0 Å². The van der Waals surface area contributed by atoms with Crippen molar-refractivity contribution in [2.24, 2.45) is 0 Å². The summed E-state index contributed by atoms with van der Waals surface area (Å²) in [5.74, 6) is 0.657. The number of likely N-dealkylation sites (N-methyl/N-ethyl adjacent to an activating group) is 1. The first-order valence-electron chi connectivity index (χ1n) is 7.82. The molecule has 0 bridgehead atoms. The average Bonchev–Trinajstić information content (AvgIpc) is 3.07. The molecule has 0 saturated carbocycles. The summed E-state index contributed by atoms with van der Waals surface area (Å²) in [7, 11) is 1.62. The van der Waals surface area contributed by atoms with Crippen LogP contribution in [0.1, 0.15) is 18.5 Å². The van der Waals surface area contributed by atoms with Crippen LogP contribution >= 0.6 is 0 Å². The van der Waals surface area contributed by atoms with Crippen LogP contribution in [0.25, 0.3) is 10.9 Å². The van der Waals surface area contributed by atoms with Crippen LogP contribution in [0.3, 0.4) is 0 Å². The highest BCUT2D eigenvalue weighted by atomic mass is 16.5. The van der Waals surface area contributed by atoms with Crippen LogP contribution in [-0.4, -0.2) is 29.8 Å². The van der Waals surface area contributed by atoms with E-state index in [4.69, 9.17) is 4.74 Å². The number of carbonyl (C=O) groups is 1. The van der Waals surface area contributed by atoms with E-state index in [1.165, 1.54) is 0 Å². The van der Waals surface area contributed by atoms with Gasteiger partial charge in [0.05, 0.1) is 18.8 Å². The predicted molar refractivity (Wildman–Crippen MR) is 94.1 cm³/mol. The van der Waals surface area contributed by atoms with E-state index in [-0.39, 0.29) is 5.91 Å². The number of benzene rings is 2. The van der Waals surface area contributed by atoms with Crippen LogP contribution in [-0.2, 0) is 4.79 Å². The molecule has 0 aliphatic heterocycles. The number of aromatic amines is 1. The molecule has 0 radical (unpaired) electrons. The predicted octanol–water partition coefficient (Wildman–Crippen LogP) is 2.86. The molecule has 1 amide bonds. The van der Waals surface area contributed by atoms with Crippen molar-refractivity contribution in [2.75, 3.05) is 19.0 Å². The zero-order chi connectivity index (χ0) is 16.9. The highest BCUT2D eigenvalue weighted by Gasteiger charge is 2.19. The molecule has 0 aliphatic carbocycles. The Morgan fingerprint density at radius 3 is 2.75 bits per heavy atom. The molecule has 0 aliphatic rings. The first-order valence-corrected chi connectivity index (χ1v) is 7.82. The smallest absolute Gasteiger partial charge is 0.246 e. The number of anilines is 1. The van der Waals surface area contributed by atoms with Gasteiger partial charge in [0.1, 0.15) is 11.8 Å². The molecule has 1 aromatic heterocycles. The molecule has 2 aromatic carbocycles. The third-order valence-electron chi connectivity index (χ3n) is 3.83. The van der Waals surface area contributed by atoms with E-state index < -0.39 is 6.04 Å². The first kappa shape index (κ1) is 16.0. The normalized spacial score (nSPS) is 12.1. The fourth-order valence-corrected chi connectivity index (χ4v) is 2.60. The number of fused-ring (bicyclic) bond motifs is 1. The topological polar surface area (TPSA) is 79.0 Å². The van der Waals surface area contributed by atoms with Gasteiger partial charge in [0, 0.05) is 11.1 Å². The number of aromatic nitrogens is 2. The van der Waals surface area contributed by atoms with Gasteiger partial charge in [0.15, 0.2) is 0 Å². The molecule has 3 rings (SSSR count). The summed E-state index contributed by atoms with van der Waals surface area (Å²) in [6.07, 6.45) is 1.73. The van der Waals surface area contributed by atoms with Gasteiger partial charge in [-0.1, -0.05) is 19.1 Å². The van der Waals surface area contributed by atoms with Crippen LogP contribution in [0.15, 0.2) is 48.7 Å². The number of carbonyl (C=O) groups excluding carboxylic acids is 1. The Labute approximate surface area is 140 Å². The number of methoxy groups -OCH3 is 1. The average molecular weight is 324 g/mol. The molecule has 0 saturated heterocycles. The number of amides is 1. The highest BCUT2D eigenvalue weighted by molar-refractivity contribution is 5.97. The molecule has 3 N–H and O–H groups in total. The molecular formula is C18H20N4O2. The molecule has 0 fully saturated rings. The molecule has 1 heterocycles. The standard InChI is InChI=1S/C18H20N4O2/c1-3-19-17(12-4-7-15(24-2)8-5-12)18(23)21-14-6-9-16-13(10-14)11-20-22-16/h4-11,17,19H,3H2,1-2H3,(H,20,22)(H,21,23). The Morgan fingerprint density at radius 2 is 2.04 bits per heavy atom. The van der Waals surface area contributed by atoms with Crippen LogP contribution in [0.5, 0.6) is 5.75 Å². The number of ether oxygens (including phenoxy) is 1. The Balaban J connectivity index is 1.80. The SMILES string of the molecule is CCNC(C(=O)Nc1ccc2[nH]ncc2c1)c1ccc(OC)cc1. The number of hydrogen-bond acceptors (Lipinski definition) is 4. The Bertz CT molecular complexity index is 826. The zero-order valence-electron chi connectivity index (χ0n) is 13.7. The Kier molecular flexibility index (Phi) is 4.77. The second kappa shape index (κ2) is 7.14. The Hall–Kier alpha value is -2.86. The summed E-state index contributed by atoms with van der Waals surface area (Å²) in [5.41, 5.74) is 2.57. The molecule has 1 unspecified atom stereocenters. The summed E-state index contributed by atoms with van der Waals surface area (Å²) in [6, 6.07) is 12.7. The molecule has 0 spiro atoms. The minimum atomic E-state index is -0.430. The van der Waals surface area contributed by atoms with E-state index >= 15 is 0 Å². The summed E-state index contributed by atoms with van der Waals surface area (Å²) in [4.78, 5) is 12.7. The summed E-state index contributed by atoms with van der Waals surface area (Å²) in [6.45, 7) is 2.66. The van der Waals surface area contributed by atoms with Gasteiger partial charge in [-0.3, -0.25) is 9.89 Å². The van der Waals surface area contributed by atoms with Crippen molar-refractivity contribution in [2.45, 2.75) is 13.0 Å². The minimum Gasteiger partial charge on any atom is -0.497 e. The van der Waals surface area contributed by atoms with Gasteiger partial charge in [-0.05, 0) is 42.4 Å². The second-order valence-electron chi connectivity index (χ2n) is 5.43. The molecule has 3 aromatic rings. The zero-order valence-corrected chi connectivity index (χ0v) is 13.7. The van der Waals surface area contributed by atoms with Gasteiger partial charge in [-0.25, -0.2) is 0 Å². The van der Waals surface area contributed by atoms with E-state index in [1.807, 2.05) is 49.4 Å². The molecular weight excluding hydrogens is 304 g/mol. The largest absolute Gasteiger partial charge is 0.497 e. The first-order chi connectivity index (χ1) is 11.7. The number of nitrogens with one attached hydrogen (secondary N) is 3. The van der Waals surface area contributed by atoms with E-state index in [0.29, 0.717) is 6.54 Å². The van der Waals surface area contributed by atoms with Gasteiger partial charge in [0.2, 0.25) is 5.91 Å². The van der Waals surface area contributed by atoms with Crippen molar-refractivity contribution in [3.8, 4) is 5.75 Å². The maximum Gasteiger partial charge on any atom is 0.246 e. The number of H-pyrrole nitrogens is 1. The number of nitrogens with zero attached hydrogens (tertiary/aromatic N) is 1. The fourth-order valence-electron chi connectivity index (χ4n) is 2.60. The van der Waals surface area contributed by atoms with Crippen molar-refractivity contribution < 1.29 is 9.53 Å². The van der Waals surface area contributed by atoms with Crippen molar-refractivity contribution in [3.63, 3.8) is 0 Å².